The van der Waals surface area contributed by atoms with Crippen LogP contribution in [-0.4, -0.2) is 66.5 Å². The molecule has 222 valence electrons. The van der Waals surface area contributed by atoms with Crippen LogP contribution in [0, 0.1) is 27.2 Å². The normalized spacial score (nSPS) is 15.5. The van der Waals surface area contributed by atoms with Crippen LogP contribution in [0.4, 0.5) is 31.1 Å². The van der Waals surface area contributed by atoms with E-state index < -0.39 is 89.2 Å². The van der Waals surface area contributed by atoms with E-state index in [1.807, 2.05) is 0 Å². The van der Waals surface area contributed by atoms with Gasteiger partial charge in [-0.3, -0.25) is 0 Å². The van der Waals surface area contributed by atoms with E-state index in [2.05, 4.69) is 28.6 Å². The number of rotatable bonds is 11. The van der Waals surface area contributed by atoms with Crippen molar-refractivity contribution >= 4 is 18.2 Å². The maximum absolute atomic E-state index is 13.7. The second-order valence-electron chi connectivity index (χ2n) is 7.46. The van der Waals surface area contributed by atoms with E-state index in [1.165, 1.54) is 0 Å². The Morgan fingerprint density at radius 2 is 1.57 bits per heavy atom. The number of benzene rings is 1. The minimum absolute atomic E-state index is 0.189. The van der Waals surface area contributed by atoms with Crippen molar-refractivity contribution in [1.29, 1.82) is 0 Å². The first-order valence-corrected chi connectivity index (χ1v) is 10.3. The van der Waals surface area contributed by atoms with Crippen molar-refractivity contribution in [2.45, 2.75) is 44.9 Å². The van der Waals surface area contributed by atoms with Crippen molar-refractivity contribution in [2.75, 3.05) is 13.2 Å². The van der Waals surface area contributed by atoms with Gasteiger partial charge in [0.15, 0.2) is 6.10 Å². The van der Waals surface area contributed by atoms with Crippen LogP contribution < -0.4 is 9.47 Å². The number of alkyl halides is 6. The van der Waals surface area contributed by atoms with Crippen LogP contribution in [0.25, 0.3) is 6.08 Å². The summed E-state index contributed by atoms with van der Waals surface area (Å²) in [7, 11) is 0. The van der Waals surface area contributed by atoms with Gasteiger partial charge in [-0.2, -0.15) is 13.2 Å². The quantitative estimate of drug-likeness (QED) is 0.119. The molecule has 1 heterocycles. The first-order valence-electron chi connectivity index (χ1n) is 10.3. The van der Waals surface area contributed by atoms with Crippen LogP contribution >= 0.6 is 0 Å². The molecule has 2 unspecified atom stereocenters. The standard InChI is InChI=1S/C19H16F6N2O13/c1-8-3-11(40-19(23,24)25)4-10-5-13(15(18(20,21)22)39-14(8)10)16(28)36-9(2)37-17(29)38-12(6-34-26(30)31)7-35-27(32)33/h3-5,9,12,15H,6-7H2,1-2H3. The fourth-order valence-corrected chi connectivity index (χ4v) is 3.01. The zero-order valence-corrected chi connectivity index (χ0v) is 19.8. The Labute approximate surface area is 217 Å². The molecule has 0 aliphatic carbocycles. The van der Waals surface area contributed by atoms with E-state index in [4.69, 9.17) is 4.74 Å². The average molecular weight is 594 g/mol. The largest absolute Gasteiger partial charge is 0.573 e. The van der Waals surface area contributed by atoms with Crippen LogP contribution in [0.3, 0.4) is 0 Å². The third-order valence-corrected chi connectivity index (χ3v) is 4.40. The Hall–Kier alpha value is -4.72. The molecule has 0 radical (unpaired) electrons. The zero-order valence-electron chi connectivity index (χ0n) is 19.8. The second kappa shape index (κ2) is 12.4. The highest BCUT2D eigenvalue weighted by atomic mass is 19.4. The van der Waals surface area contributed by atoms with E-state index in [0.29, 0.717) is 12.1 Å². The van der Waals surface area contributed by atoms with Crippen molar-refractivity contribution < 1.29 is 79.5 Å². The van der Waals surface area contributed by atoms with Crippen LogP contribution in [0.1, 0.15) is 18.1 Å². The lowest BCUT2D eigenvalue weighted by Crippen LogP contribution is -2.41. The monoisotopic (exact) mass is 594 g/mol. The van der Waals surface area contributed by atoms with Gasteiger partial charge in [0.25, 0.3) is 10.2 Å². The SMILES string of the molecule is Cc1cc(OC(F)(F)F)cc2c1OC(C(F)(F)F)C(C(=O)OC(C)OC(=O)OC(CO[N+](=O)[O-])CO[N+](=O)[O-])=C2. The summed E-state index contributed by atoms with van der Waals surface area (Å²) in [6, 6.07) is 1.42. The number of esters is 1. The predicted octanol–water partition coefficient (Wildman–Crippen LogP) is 3.43. The zero-order chi connectivity index (χ0) is 30.4. The highest BCUT2D eigenvalue weighted by Crippen LogP contribution is 2.41. The molecule has 1 aliphatic heterocycles. The fourth-order valence-electron chi connectivity index (χ4n) is 3.01. The molecule has 0 N–H and O–H groups in total. The number of nitrogens with zero attached hydrogens (tertiary/aromatic N) is 2. The number of carbonyl (C=O) groups excluding carboxylic acids is 2. The van der Waals surface area contributed by atoms with Gasteiger partial charge in [-0.1, -0.05) is 0 Å². The number of aryl methyl sites for hydroxylation is 1. The Kier molecular flexibility index (Phi) is 9.78. The summed E-state index contributed by atoms with van der Waals surface area (Å²) in [5.41, 5.74) is -1.84. The molecular weight excluding hydrogens is 578 g/mol. The van der Waals surface area contributed by atoms with Gasteiger partial charge in [0, 0.05) is 12.5 Å². The molecule has 15 nitrogen and oxygen atoms in total. The van der Waals surface area contributed by atoms with E-state index in [-0.39, 0.29) is 5.56 Å². The minimum atomic E-state index is -5.22. The van der Waals surface area contributed by atoms with E-state index in [9.17, 15) is 56.2 Å². The third-order valence-electron chi connectivity index (χ3n) is 4.40. The Morgan fingerprint density at radius 1 is 1.00 bits per heavy atom. The van der Waals surface area contributed by atoms with Gasteiger partial charge in [-0.25, -0.2) is 9.59 Å². The van der Waals surface area contributed by atoms with Crippen LogP contribution in [0.2, 0.25) is 0 Å². The summed E-state index contributed by atoms with van der Waals surface area (Å²) >= 11 is 0. The second-order valence-corrected chi connectivity index (χ2v) is 7.46. The third kappa shape index (κ3) is 9.54. The van der Waals surface area contributed by atoms with E-state index >= 15 is 0 Å². The van der Waals surface area contributed by atoms with Gasteiger partial charge in [0.2, 0.25) is 12.4 Å². The Morgan fingerprint density at radius 3 is 2.08 bits per heavy atom. The summed E-state index contributed by atoms with van der Waals surface area (Å²) in [6.07, 6.45) is -18.3. The number of fused-ring (bicyclic) bond motifs is 1. The van der Waals surface area contributed by atoms with Crippen molar-refractivity contribution in [1.82, 2.24) is 0 Å². The van der Waals surface area contributed by atoms with Gasteiger partial charge < -0.3 is 33.4 Å². The lowest BCUT2D eigenvalue weighted by molar-refractivity contribution is -0.768. The first kappa shape index (κ1) is 31.5. The maximum Gasteiger partial charge on any atom is 0.573 e. The molecule has 0 amide bonds. The summed E-state index contributed by atoms with van der Waals surface area (Å²) in [6.45, 7) is -0.148. The molecule has 40 heavy (non-hydrogen) atoms. The topological polar surface area (TPSA) is 185 Å². The van der Waals surface area contributed by atoms with Crippen molar-refractivity contribution in [3.05, 3.63) is 49.1 Å². The van der Waals surface area contributed by atoms with Gasteiger partial charge >= 0.3 is 24.7 Å². The smallest absolute Gasteiger partial charge is 0.475 e. The molecule has 0 saturated carbocycles. The van der Waals surface area contributed by atoms with E-state index in [0.717, 1.165) is 19.9 Å². The lowest BCUT2D eigenvalue weighted by Gasteiger charge is -2.29. The van der Waals surface area contributed by atoms with Gasteiger partial charge in [0.05, 0.1) is 5.57 Å². The number of ether oxygens (including phenoxy) is 5. The van der Waals surface area contributed by atoms with Crippen molar-refractivity contribution in [3.63, 3.8) is 0 Å². The molecule has 0 aromatic heterocycles. The molecule has 1 aliphatic rings. The summed E-state index contributed by atoms with van der Waals surface area (Å²) in [5, 5.41) is 17.9. The van der Waals surface area contributed by atoms with Crippen molar-refractivity contribution in [2.24, 2.45) is 0 Å². The summed E-state index contributed by atoms with van der Waals surface area (Å²) in [4.78, 5) is 52.8. The maximum atomic E-state index is 13.7. The van der Waals surface area contributed by atoms with Crippen molar-refractivity contribution in [3.8, 4) is 11.5 Å². The fraction of sp³-hybridized carbons (Fsp3) is 0.474. The molecular formula is C19H16F6N2O13. The number of halogens is 6. The highest BCUT2D eigenvalue weighted by molar-refractivity contribution is 5.96. The van der Waals surface area contributed by atoms with Gasteiger partial charge in [-0.15, -0.1) is 33.4 Å². The molecule has 0 saturated heterocycles. The van der Waals surface area contributed by atoms with Gasteiger partial charge in [-0.05, 0) is 30.7 Å². The molecule has 2 atom stereocenters. The molecule has 0 bridgehead atoms. The van der Waals surface area contributed by atoms with Crippen LogP contribution in [-0.2, 0) is 28.7 Å². The molecule has 1 aromatic carbocycles. The predicted molar refractivity (Wildman–Crippen MR) is 109 cm³/mol. The lowest BCUT2D eigenvalue weighted by atomic mass is 9.99. The average Bonchev–Trinajstić information content (AvgIpc) is 2.77. The Bertz CT molecular complexity index is 1150. The minimum Gasteiger partial charge on any atom is -0.475 e. The van der Waals surface area contributed by atoms with Gasteiger partial charge in [0.1, 0.15) is 24.7 Å². The summed E-state index contributed by atoms with van der Waals surface area (Å²) < 4.78 is 101. The number of hydrogen-bond acceptors (Lipinski definition) is 13. The molecule has 0 spiro atoms. The Balaban J connectivity index is 2.20. The molecule has 0 fully saturated rings. The number of hydrogen-bond donors (Lipinski definition) is 0. The molecule has 1 aromatic rings. The first-order chi connectivity index (χ1) is 18.4. The van der Waals surface area contributed by atoms with E-state index in [1.54, 1.807) is 0 Å². The van der Waals surface area contributed by atoms with Crippen LogP contribution in [0.15, 0.2) is 17.7 Å². The number of carbonyl (C=O) groups is 2. The highest BCUT2D eigenvalue weighted by Gasteiger charge is 2.49. The van der Waals surface area contributed by atoms with Crippen LogP contribution in [0.5, 0.6) is 11.5 Å². The molecule has 2 rings (SSSR count). The molecule has 21 heteroatoms. The summed E-state index contributed by atoms with van der Waals surface area (Å²) in [5.74, 6) is -3.10.